The van der Waals surface area contributed by atoms with Crippen LogP contribution in [0.5, 0.6) is 0 Å². The molecule has 5 heteroatoms. The smallest absolute Gasteiger partial charge is 0.272 e. The first-order chi connectivity index (χ1) is 10.1. The van der Waals surface area contributed by atoms with Crippen molar-refractivity contribution < 1.29 is 4.92 Å². The molecule has 0 saturated carbocycles. The summed E-state index contributed by atoms with van der Waals surface area (Å²) in [5.74, 6) is 0. The van der Waals surface area contributed by atoms with E-state index in [1.807, 2.05) is 41.1 Å². The highest BCUT2D eigenvalue weighted by Crippen LogP contribution is 2.27. The maximum atomic E-state index is 11.0. The van der Waals surface area contributed by atoms with Gasteiger partial charge in [0.1, 0.15) is 0 Å². The molecule has 106 valence electrons. The molecule has 21 heavy (non-hydrogen) atoms. The predicted molar refractivity (Wildman–Crippen MR) is 83.9 cm³/mol. The molecule has 2 aromatic carbocycles. The molecule has 1 heterocycles. The zero-order valence-electron chi connectivity index (χ0n) is 11.4. The van der Waals surface area contributed by atoms with Crippen LogP contribution in [0.3, 0.4) is 0 Å². The Labute approximate surface area is 126 Å². The molecule has 0 bridgehead atoms. The van der Waals surface area contributed by atoms with Gasteiger partial charge in [-0.05, 0) is 24.6 Å². The van der Waals surface area contributed by atoms with Gasteiger partial charge in [-0.2, -0.15) is 0 Å². The number of nitro benzene ring substituents is 1. The SMILES string of the molecule is Cc1c(Cn2ccc3cccc(Cl)c32)cccc1[N+](=O)[O-]. The Hall–Kier alpha value is -2.33. The molecule has 0 fully saturated rings. The van der Waals surface area contributed by atoms with E-state index in [0.717, 1.165) is 16.5 Å². The summed E-state index contributed by atoms with van der Waals surface area (Å²) in [6.45, 7) is 2.33. The van der Waals surface area contributed by atoms with Gasteiger partial charge in [-0.3, -0.25) is 10.1 Å². The number of nitrogens with zero attached hydrogens (tertiary/aromatic N) is 2. The monoisotopic (exact) mass is 300 g/mol. The van der Waals surface area contributed by atoms with Crippen LogP contribution in [0.2, 0.25) is 5.02 Å². The maximum Gasteiger partial charge on any atom is 0.272 e. The highest BCUT2D eigenvalue weighted by Gasteiger charge is 2.14. The van der Waals surface area contributed by atoms with Crippen LogP contribution in [0, 0.1) is 17.0 Å². The van der Waals surface area contributed by atoms with Crippen molar-refractivity contribution in [3.63, 3.8) is 0 Å². The van der Waals surface area contributed by atoms with E-state index in [-0.39, 0.29) is 10.6 Å². The van der Waals surface area contributed by atoms with Crippen molar-refractivity contribution in [3.05, 3.63) is 74.9 Å². The molecule has 0 radical (unpaired) electrons. The second-order valence-corrected chi connectivity index (χ2v) is 5.35. The molecule has 0 unspecified atom stereocenters. The summed E-state index contributed by atoms with van der Waals surface area (Å²) >= 11 is 6.26. The Morgan fingerprint density at radius 3 is 2.71 bits per heavy atom. The molecule has 0 aliphatic carbocycles. The van der Waals surface area contributed by atoms with Gasteiger partial charge in [0.15, 0.2) is 0 Å². The molecule has 3 rings (SSSR count). The number of para-hydroxylation sites is 1. The van der Waals surface area contributed by atoms with Gasteiger partial charge in [-0.1, -0.05) is 35.9 Å². The first kappa shape index (κ1) is 13.6. The van der Waals surface area contributed by atoms with Crippen molar-refractivity contribution in [2.75, 3.05) is 0 Å². The average molecular weight is 301 g/mol. The van der Waals surface area contributed by atoms with Crippen LogP contribution in [0.15, 0.2) is 48.7 Å². The fourth-order valence-electron chi connectivity index (χ4n) is 2.57. The largest absolute Gasteiger partial charge is 0.342 e. The lowest BCUT2D eigenvalue weighted by molar-refractivity contribution is -0.385. The van der Waals surface area contributed by atoms with Crippen LogP contribution in [-0.4, -0.2) is 9.49 Å². The summed E-state index contributed by atoms with van der Waals surface area (Å²) in [6, 6.07) is 12.9. The number of halogens is 1. The van der Waals surface area contributed by atoms with Crippen molar-refractivity contribution in [3.8, 4) is 0 Å². The van der Waals surface area contributed by atoms with Crippen molar-refractivity contribution in [2.45, 2.75) is 13.5 Å². The second-order valence-electron chi connectivity index (χ2n) is 4.94. The Kier molecular flexibility index (Phi) is 3.39. The minimum absolute atomic E-state index is 0.148. The highest BCUT2D eigenvalue weighted by molar-refractivity contribution is 6.35. The van der Waals surface area contributed by atoms with Gasteiger partial charge < -0.3 is 4.57 Å². The van der Waals surface area contributed by atoms with E-state index in [2.05, 4.69) is 0 Å². The molecule has 4 nitrogen and oxygen atoms in total. The van der Waals surface area contributed by atoms with Crippen LogP contribution in [0.25, 0.3) is 10.9 Å². The molecule has 0 aliphatic rings. The standard InChI is InChI=1S/C16H13ClN2O2/c1-11-13(5-3-7-15(11)19(20)21)10-18-9-8-12-4-2-6-14(17)16(12)18/h2-9H,10H2,1H3. The minimum atomic E-state index is -0.348. The first-order valence-electron chi connectivity index (χ1n) is 6.54. The lowest BCUT2D eigenvalue weighted by Gasteiger charge is -2.10. The highest BCUT2D eigenvalue weighted by atomic mass is 35.5. The summed E-state index contributed by atoms with van der Waals surface area (Å²) in [5, 5.41) is 12.8. The number of aromatic nitrogens is 1. The summed E-state index contributed by atoms with van der Waals surface area (Å²) in [5.41, 5.74) is 2.71. The number of benzene rings is 2. The van der Waals surface area contributed by atoms with Crippen LogP contribution in [0.4, 0.5) is 5.69 Å². The van der Waals surface area contributed by atoms with Gasteiger partial charge in [-0.15, -0.1) is 0 Å². The van der Waals surface area contributed by atoms with Gasteiger partial charge in [0.25, 0.3) is 5.69 Å². The van der Waals surface area contributed by atoms with Gasteiger partial charge in [-0.25, -0.2) is 0 Å². The molecule has 0 spiro atoms. The molecular formula is C16H13ClN2O2. The Morgan fingerprint density at radius 2 is 1.95 bits per heavy atom. The van der Waals surface area contributed by atoms with Gasteiger partial charge >= 0.3 is 0 Å². The van der Waals surface area contributed by atoms with E-state index in [4.69, 9.17) is 11.6 Å². The topological polar surface area (TPSA) is 48.1 Å². The Bertz CT molecular complexity index is 839. The van der Waals surface area contributed by atoms with E-state index in [1.54, 1.807) is 13.0 Å². The van der Waals surface area contributed by atoms with Crippen LogP contribution in [0.1, 0.15) is 11.1 Å². The van der Waals surface area contributed by atoms with Crippen molar-refractivity contribution in [1.29, 1.82) is 0 Å². The Morgan fingerprint density at radius 1 is 1.19 bits per heavy atom. The lowest BCUT2D eigenvalue weighted by Crippen LogP contribution is -2.02. The normalized spacial score (nSPS) is 11.0. The van der Waals surface area contributed by atoms with Crippen LogP contribution < -0.4 is 0 Å². The average Bonchev–Trinajstić information content (AvgIpc) is 2.85. The summed E-state index contributed by atoms with van der Waals surface area (Å²) < 4.78 is 2.02. The maximum absolute atomic E-state index is 11.0. The zero-order chi connectivity index (χ0) is 15.0. The van der Waals surface area contributed by atoms with E-state index in [9.17, 15) is 10.1 Å². The molecule has 0 amide bonds. The molecule has 0 N–H and O–H groups in total. The first-order valence-corrected chi connectivity index (χ1v) is 6.92. The summed E-state index contributed by atoms with van der Waals surface area (Å²) in [7, 11) is 0. The van der Waals surface area contributed by atoms with Gasteiger partial charge in [0.2, 0.25) is 0 Å². The molecule has 0 aliphatic heterocycles. The molecule has 0 atom stereocenters. The number of fused-ring (bicyclic) bond motifs is 1. The number of hydrogen-bond acceptors (Lipinski definition) is 2. The van der Waals surface area contributed by atoms with E-state index in [1.165, 1.54) is 6.07 Å². The van der Waals surface area contributed by atoms with E-state index >= 15 is 0 Å². The third kappa shape index (κ3) is 2.38. The number of nitro groups is 1. The number of hydrogen-bond donors (Lipinski definition) is 0. The molecule has 3 aromatic rings. The van der Waals surface area contributed by atoms with Crippen molar-refractivity contribution in [2.24, 2.45) is 0 Å². The van der Waals surface area contributed by atoms with E-state index in [0.29, 0.717) is 17.1 Å². The van der Waals surface area contributed by atoms with Gasteiger partial charge in [0, 0.05) is 29.8 Å². The molecule has 1 aromatic heterocycles. The summed E-state index contributed by atoms with van der Waals surface area (Å²) in [6.07, 6.45) is 1.95. The third-order valence-electron chi connectivity index (χ3n) is 3.69. The minimum Gasteiger partial charge on any atom is -0.342 e. The van der Waals surface area contributed by atoms with Gasteiger partial charge in [0.05, 0.1) is 15.5 Å². The van der Waals surface area contributed by atoms with Crippen LogP contribution in [-0.2, 0) is 6.54 Å². The predicted octanol–water partition coefficient (Wildman–Crippen LogP) is 4.56. The molecular weight excluding hydrogens is 288 g/mol. The quantitative estimate of drug-likeness (QED) is 0.526. The lowest BCUT2D eigenvalue weighted by atomic mass is 10.1. The Balaban J connectivity index is 2.07. The summed E-state index contributed by atoms with van der Waals surface area (Å²) in [4.78, 5) is 10.7. The number of rotatable bonds is 3. The van der Waals surface area contributed by atoms with Crippen LogP contribution >= 0.6 is 11.6 Å². The van der Waals surface area contributed by atoms with E-state index < -0.39 is 0 Å². The van der Waals surface area contributed by atoms with Crippen molar-refractivity contribution in [1.82, 2.24) is 4.57 Å². The van der Waals surface area contributed by atoms with Crippen molar-refractivity contribution >= 4 is 28.2 Å². The molecule has 0 saturated heterocycles. The zero-order valence-corrected chi connectivity index (χ0v) is 12.2. The third-order valence-corrected chi connectivity index (χ3v) is 4.00. The fraction of sp³-hybridized carbons (Fsp3) is 0.125. The fourth-order valence-corrected chi connectivity index (χ4v) is 2.86. The second kappa shape index (κ2) is 5.22.